The first-order valence-electron chi connectivity index (χ1n) is 13.2. The summed E-state index contributed by atoms with van der Waals surface area (Å²) in [7, 11) is 0. The number of nitrogens with zero attached hydrogens (tertiary/aromatic N) is 1. The van der Waals surface area contributed by atoms with Crippen LogP contribution in [0.4, 0.5) is 0 Å². The van der Waals surface area contributed by atoms with E-state index >= 15 is 0 Å². The maximum Gasteiger partial charge on any atom is 0.326 e. The molecule has 0 saturated heterocycles. The van der Waals surface area contributed by atoms with Crippen LogP contribution < -0.4 is 27.4 Å². The van der Waals surface area contributed by atoms with E-state index in [0.29, 0.717) is 5.69 Å². The number of carboxylic acid groups (broad SMARTS) is 1. The topological polar surface area (TPSA) is 238 Å². The van der Waals surface area contributed by atoms with Crippen LogP contribution in [0.3, 0.4) is 0 Å². The third-order valence-electron chi connectivity index (χ3n) is 6.61. The lowest BCUT2D eigenvalue weighted by atomic mass is 10.0. The minimum atomic E-state index is -1.29. The van der Waals surface area contributed by atoms with Gasteiger partial charge in [0.25, 0.3) is 0 Å². The van der Waals surface area contributed by atoms with Crippen molar-refractivity contribution >= 4 is 40.5 Å². The second-order valence-electron chi connectivity index (χ2n) is 10.1. The van der Waals surface area contributed by atoms with Crippen molar-refractivity contribution < 1.29 is 29.1 Å². The molecule has 1 aromatic carbocycles. The zero-order valence-electron chi connectivity index (χ0n) is 22.8. The molecule has 0 saturated carbocycles. The highest BCUT2D eigenvalue weighted by atomic mass is 16.4. The number of rotatable bonds is 15. The largest absolute Gasteiger partial charge is 0.480 e. The number of hydrogen-bond donors (Lipinski definition) is 8. The van der Waals surface area contributed by atoms with Gasteiger partial charge in [0.1, 0.15) is 18.1 Å². The number of carboxylic acids is 1. The molecule has 4 amide bonds. The summed E-state index contributed by atoms with van der Waals surface area (Å²) in [5, 5.41) is 18.0. The number of H-pyrrole nitrogens is 2. The number of aliphatic carboxylic acids is 1. The number of carbonyl (C=O) groups excluding carboxylic acids is 4. The van der Waals surface area contributed by atoms with E-state index in [4.69, 9.17) is 11.5 Å². The number of nitrogens with one attached hydrogen (secondary N) is 5. The maximum atomic E-state index is 13.4. The molecule has 0 aliphatic rings. The Morgan fingerprint density at radius 1 is 0.951 bits per heavy atom. The van der Waals surface area contributed by atoms with Gasteiger partial charge in [-0.15, -0.1) is 0 Å². The molecule has 0 fully saturated rings. The van der Waals surface area contributed by atoms with Gasteiger partial charge in [0.2, 0.25) is 23.6 Å². The molecule has 14 nitrogen and oxygen atoms in total. The minimum absolute atomic E-state index is 0.00865. The second-order valence-corrected chi connectivity index (χ2v) is 10.1. The molecule has 0 spiro atoms. The third kappa shape index (κ3) is 8.63. The fraction of sp³-hybridized carbons (Fsp3) is 0.407. The molecule has 220 valence electrons. The molecule has 10 N–H and O–H groups in total. The summed E-state index contributed by atoms with van der Waals surface area (Å²) in [5.74, 6) is -4.55. The number of aromatic amines is 2. The Bertz CT molecular complexity index is 1370. The molecule has 14 heteroatoms. The molecule has 41 heavy (non-hydrogen) atoms. The van der Waals surface area contributed by atoms with Crippen molar-refractivity contribution in [3.8, 4) is 0 Å². The van der Waals surface area contributed by atoms with Gasteiger partial charge in [0.15, 0.2) is 0 Å². The summed E-state index contributed by atoms with van der Waals surface area (Å²) < 4.78 is 0. The van der Waals surface area contributed by atoms with Gasteiger partial charge in [-0.25, -0.2) is 9.78 Å². The molecule has 2 heterocycles. The molecule has 4 atom stereocenters. The van der Waals surface area contributed by atoms with Crippen LogP contribution >= 0.6 is 0 Å². The Labute approximate surface area is 236 Å². The van der Waals surface area contributed by atoms with E-state index in [1.807, 2.05) is 24.3 Å². The lowest BCUT2D eigenvalue weighted by molar-refractivity contribution is -0.143. The zero-order valence-corrected chi connectivity index (χ0v) is 22.8. The summed E-state index contributed by atoms with van der Waals surface area (Å²) >= 11 is 0. The fourth-order valence-electron chi connectivity index (χ4n) is 4.33. The Morgan fingerprint density at radius 2 is 1.63 bits per heavy atom. The van der Waals surface area contributed by atoms with E-state index in [1.165, 1.54) is 12.5 Å². The molecule has 4 unspecified atom stereocenters. The van der Waals surface area contributed by atoms with Crippen LogP contribution in [0.2, 0.25) is 0 Å². The number of fused-ring (bicyclic) bond motifs is 1. The highest BCUT2D eigenvalue weighted by Gasteiger charge is 2.32. The van der Waals surface area contributed by atoms with Crippen molar-refractivity contribution in [2.75, 3.05) is 0 Å². The number of aromatic nitrogens is 3. The molecule has 2 aromatic heterocycles. The standard InChI is InChI=1S/C27H36N8O6/c1-14(2)23(27(40)41)35-25(38)20(7-8-22(29)36)33-26(39)21(10-16-12-30-13-32-16)34-24(37)18(28)9-15-11-31-19-6-4-3-5-17(15)19/h3-6,11-14,18,20-21,23,31H,7-10,28H2,1-2H3,(H2,29,36)(H,30,32)(H,33,39)(H,34,37)(H,35,38)(H,40,41). The average molecular weight is 569 g/mol. The Hall–Kier alpha value is -4.72. The van der Waals surface area contributed by atoms with Crippen LogP contribution in [0.15, 0.2) is 43.0 Å². The fourth-order valence-corrected chi connectivity index (χ4v) is 4.33. The van der Waals surface area contributed by atoms with Gasteiger partial charge in [0.05, 0.1) is 12.4 Å². The van der Waals surface area contributed by atoms with E-state index in [0.717, 1.165) is 16.5 Å². The number of para-hydroxylation sites is 1. The number of amides is 4. The second kappa shape index (κ2) is 14.1. The monoisotopic (exact) mass is 568 g/mol. The molecule has 0 radical (unpaired) electrons. The van der Waals surface area contributed by atoms with Crippen LogP contribution in [0.25, 0.3) is 10.9 Å². The lowest BCUT2D eigenvalue weighted by Gasteiger charge is -2.26. The van der Waals surface area contributed by atoms with Crippen LogP contribution in [0.1, 0.15) is 37.9 Å². The predicted molar refractivity (Wildman–Crippen MR) is 149 cm³/mol. The van der Waals surface area contributed by atoms with Gasteiger partial charge in [0, 0.05) is 41.8 Å². The average Bonchev–Trinajstić information content (AvgIpc) is 3.58. The van der Waals surface area contributed by atoms with E-state index in [-0.39, 0.29) is 25.7 Å². The van der Waals surface area contributed by atoms with Crippen LogP contribution in [-0.2, 0) is 36.8 Å². The quantitative estimate of drug-likeness (QED) is 0.118. The SMILES string of the molecule is CC(C)C(NC(=O)C(CCC(N)=O)NC(=O)C(Cc1cnc[nH]1)NC(=O)C(N)Cc1c[nH]c2ccccc12)C(=O)O. The number of imidazole rings is 1. The summed E-state index contributed by atoms with van der Waals surface area (Å²) in [4.78, 5) is 72.5. The van der Waals surface area contributed by atoms with Crippen molar-refractivity contribution in [2.45, 2.75) is 63.7 Å². The first kappa shape index (κ1) is 30.8. The number of hydrogen-bond acceptors (Lipinski definition) is 7. The summed E-state index contributed by atoms with van der Waals surface area (Å²) in [6, 6.07) is 2.88. The van der Waals surface area contributed by atoms with Crippen LogP contribution in [0, 0.1) is 5.92 Å². The molecule has 3 rings (SSSR count). The Balaban J connectivity index is 1.76. The van der Waals surface area contributed by atoms with Gasteiger partial charge in [-0.3, -0.25) is 19.2 Å². The highest BCUT2D eigenvalue weighted by Crippen LogP contribution is 2.19. The first-order chi connectivity index (χ1) is 19.5. The van der Waals surface area contributed by atoms with Crippen LogP contribution in [0.5, 0.6) is 0 Å². The highest BCUT2D eigenvalue weighted by molar-refractivity contribution is 5.95. The molecule has 0 aliphatic heterocycles. The summed E-state index contributed by atoms with van der Waals surface area (Å²) in [5.41, 5.74) is 13.7. The first-order valence-corrected chi connectivity index (χ1v) is 13.2. The Kier molecular flexibility index (Phi) is 10.6. The van der Waals surface area contributed by atoms with E-state index in [1.54, 1.807) is 20.0 Å². The third-order valence-corrected chi connectivity index (χ3v) is 6.61. The minimum Gasteiger partial charge on any atom is -0.480 e. The summed E-state index contributed by atoms with van der Waals surface area (Å²) in [6.45, 7) is 3.23. The number of carbonyl (C=O) groups is 5. The zero-order chi connectivity index (χ0) is 30.1. The maximum absolute atomic E-state index is 13.4. The molecule has 3 aromatic rings. The van der Waals surface area contributed by atoms with Crippen molar-refractivity contribution in [3.63, 3.8) is 0 Å². The normalized spacial score (nSPS) is 14.1. The van der Waals surface area contributed by atoms with E-state index < -0.39 is 59.7 Å². The smallest absolute Gasteiger partial charge is 0.326 e. The van der Waals surface area contributed by atoms with Crippen molar-refractivity contribution in [1.29, 1.82) is 0 Å². The van der Waals surface area contributed by atoms with Crippen LogP contribution in [-0.4, -0.2) is 73.8 Å². The lowest BCUT2D eigenvalue weighted by Crippen LogP contribution is -2.58. The van der Waals surface area contributed by atoms with Gasteiger partial charge >= 0.3 is 5.97 Å². The van der Waals surface area contributed by atoms with Crippen molar-refractivity contribution in [1.82, 2.24) is 30.9 Å². The van der Waals surface area contributed by atoms with Crippen molar-refractivity contribution in [3.05, 3.63) is 54.2 Å². The molecule has 0 bridgehead atoms. The predicted octanol–water partition coefficient (Wildman–Crippen LogP) is -0.536. The molecular formula is C27H36N8O6. The van der Waals surface area contributed by atoms with Crippen molar-refractivity contribution in [2.24, 2.45) is 17.4 Å². The molecule has 0 aliphatic carbocycles. The number of primary amides is 1. The van der Waals surface area contributed by atoms with Gasteiger partial charge in [-0.2, -0.15) is 0 Å². The number of nitrogens with two attached hydrogens (primary N) is 2. The van der Waals surface area contributed by atoms with Gasteiger partial charge in [-0.1, -0.05) is 32.0 Å². The number of benzene rings is 1. The van der Waals surface area contributed by atoms with E-state index in [2.05, 4.69) is 30.9 Å². The Morgan fingerprint density at radius 3 is 2.27 bits per heavy atom. The molecular weight excluding hydrogens is 532 g/mol. The van der Waals surface area contributed by atoms with Gasteiger partial charge in [-0.05, 0) is 30.4 Å². The van der Waals surface area contributed by atoms with E-state index in [9.17, 15) is 29.1 Å². The van der Waals surface area contributed by atoms with Gasteiger partial charge < -0.3 is 42.5 Å². The summed E-state index contributed by atoms with van der Waals surface area (Å²) in [6.07, 6.45) is 4.43.